The normalized spacial score (nSPS) is 11.5. The monoisotopic (exact) mass is 331 g/mol. The Hall–Kier alpha value is -2.49. The van der Waals surface area contributed by atoms with E-state index < -0.39 is 29.2 Å². The van der Waals surface area contributed by atoms with Crippen LogP contribution in [0.4, 0.5) is 17.6 Å². The van der Waals surface area contributed by atoms with Crippen LogP contribution in [-0.2, 0) is 19.3 Å². The van der Waals surface area contributed by atoms with Crippen LogP contribution in [0, 0.1) is 5.82 Å². The molecule has 2 aromatic heterocycles. The van der Waals surface area contributed by atoms with Crippen LogP contribution in [0.5, 0.6) is 0 Å². The number of hydrogen-bond acceptors (Lipinski definition) is 4. The molecule has 0 fully saturated rings. The van der Waals surface area contributed by atoms with Gasteiger partial charge in [-0.3, -0.25) is 14.5 Å². The van der Waals surface area contributed by atoms with Gasteiger partial charge in [-0.25, -0.2) is 4.39 Å². The maximum absolute atomic E-state index is 13.4. The Kier molecular flexibility index (Phi) is 4.94. The summed E-state index contributed by atoms with van der Waals surface area (Å²) in [5.74, 6) is -1.69. The minimum absolute atomic E-state index is 0.0330. The highest BCUT2D eigenvalue weighted by molar-refractivity contribution is 5.95. The molecule has 0 aliphatic carbocycles. The van der Waals surface area contributed by atoms with Crippen molar-refractivity contribution < 1.29 is 22.4 Å². The van der Waals surface area contributed by atoms with Crippen LogP contribution < -0.4 is 11.1 Å². The van der Waals surface area contributed by atoms with E-state index in [1.807, 2.05) is 0 Å². The molecule has 2 rings (SSSR count). The molecule has 0 aromatic carbocycles. The lowest BCUT2D eigenvalue weighted by atomic mass is 10.2. The maximum atomic E-state index is 13.4. The van der Waals surface area contributed by atoms with E-state index in [0.717, 1.165) is 16.9 Å². The van der Waals surface area contributed by atoms with Crippen molar-refractivity contribution in [1.29, 1.82) is 0 Å². The number of carbonyl (C=O) groups is 1. The Morgan fingerprint density at radius 3 is 2.74 bits per heavy atom. The van der Waals surface area contributed by atoms with Gasteiger partial charge in [0.1, 0.15) is 5.82 Å². The molecule has 6 nitrogen and oxygen atoms in total. The average Bonchev–Trinajstić information content (AvgIpc) is 2.91. The van der Waals surface area contributed by atoms with Crippen molar-refractivity contribution in [2.24, 2.45) is 5.73 Å². The van der Waals surface area contributed by atoms with Crippen LogP contribution in [0.25, 0.3) is 0 Å². The first-order valence-corrected chi connectivity index (χ1v) is 6.55. The molecule has 2 aromatic rings. The highest BCUT2D eigenvalue weighted by Crippen LogP contribution is 2.30. The number of pyridine rings is 1. The molecule has 0 unspecified atom stereocenters. The van der Waals surface area contributed by atoms with Crippen molar-refractivity contribution in [2.75, 3.05) is 6.54 Å². The van der Waals surface area contributed by atoms with Gasteiger partial charge in [0.2, 0.25) is 0 Å². The second kappa shape index (κ2) is 6.73. The summed E-state index contributed by atoms with van der Waals surface area (Å²) in [7, 11) is 0. The third-order valence-corrected chi connectivity index (χ3v) is 2.88. The molecule has 0 atom stereocenters. The molecule has 0 radical (unpaired) electrons. The zero-order valence-electron chi connectivity index (χ0n) is 11.8. The largest absolute Gasteiger partial charge is 0.435 e. The van der Waals surface area contributed by atoms with Crippen molar-refractivity contribution in [3.05, 3.63) is 47.3 Å². The van der Waals surface area contributed by atoms with Gasteiger partial charge in [-0.2, -0.15) is 18.3 Å². The van der Waals surface area contributed by atoms with Gasteiger partial charge in [0.15, 0.2) is 5.69 Å². The number of aromatic nitrogens is 3. The zero-order chi connectivity index (χ0) is 17.0. The summed E-state index contributed by atoms with van der Waals surface area (Å²) in [6, 6.07) is 2.49. The number of alkyl halides is 3. The van der Waals surface area contributed by atoms with Gasteiger partial charge in [-0.05, 0) is 12.1 Å². The number of rotatable bonds is 5. The molecular formula is C13H13F4N5O. The fourth-order valence-corrected chi connectivity index (χ4v) is 1.85. The third kappa shape index (κ3) is 4.03. The van der Waals surface area contributed by atoms with E-state index in [1.165, 1.54) is 12.3 Å². The van der Waals surface area contributed by atoms with E-state index in [1.54, 1.807) is 0 Å². The van der Waals surface area contributed by atoms with Gasteiger partial charge in [-0.1, -0.05) is 0 Å². The molecule has 124 valence electrons. The molecule has 0 saturated carbocycles. The first-order chi connectivity index (χ1) is 10.8. The van der Waals surface area contributed by atoms with E-state index in [9.17, 15) is 22.4 Å². The first-order valence-electron chi connectivity index (χ1n) is 6.55. The number of hydrogen-bond donors (Lipinski definition) is 2. The standard InChI is InChI=1S/C13H13F4N5O/c14-9-2-1-4-19-10(9)6-20-12(23)8-7-22(5-3-18)21-11(8)13(15,16)17/h1-2,4,7H,3,5-6,18H2,(H,20,23). The summed E-state index contributed by atoms with van der Waals surface area (Å²) in [4.78, 5) is 15.7. The van der Waals surface area contributed by atoms with Gasteiger partial charge in [0, 0.05) is 18.9 Å². The van der Waals surface area contributed by atoms with E-state index in [4.69, 9.17) is 5.73 Å². The third-order valence-electron chi connectivity index (χ3n) is 2.88. The number of nitrogens with two attached hydrogens (primary N) is 1. The summed E-state index contributed by atoms with van der Waals surface area (Å²) < 4.78 is 53.1. The number of nitrogens with zero attached hydrogens (tertiary/aromatic N) is 3. The second-order valence-electron chi connectivity index (χ2n) is 4.56. The number of halogens is 4. The Bertz CT molecular complexity index is 698. The minimum Gasteiger partial charge on any atom is -0.346 e. The van der Waals surface area contributed by atoms with Crippen molar-refractivity contribution >= 4 is 5.91 Å². The molecule has 2 heterocycles. The molecule has 0 bridgehead atoms. The molecule has 0 spiro atoms. The van der Waals surface area contributed by atoms with E-state index in [0.29, 0.717) is 0 Å². The Morgan fingerprint density at radius 1 is 1.39 bits per heavy atom. The molecular weight excluding hydrogens is 318 g/mol. The van der Waals surface area contributed by atoms with Gasteiger partial charge in [0.25, 0.3) is 5.91 Å². The SMILES string of the molecule is NCCn1cc(C(=O)NCc2ncccc2F)c(C(F)(F)F)n1. The highest BCUT2D eigenvalue weighted by atomic mass is 19.4. The molecule has 23 heavy (non-hydrogen) atoms. The van der Waals surface area contributed by atoms with Gasteiger partial charge < -0.3 is 11.1 Å². The van der Waals surface area contributed by atoms with Crippen LogP contribution in [0.15, 0.2) is 24.5 Å². The Morgan fingerprint density at radius 2 is 2.13 bits per heavy atom. The van der Waals surface area contributed by atoms with Crippen LogP contribution >= 0.6 is 0 Å². The molecule has 1 amide bonds. The van der Waals surface area contributed by atoms with E-state index >= 15 is 0 Å². The quantitative estimate of drug-likeness (QED) is 0.809. The molecule has 0 aliphatic heterocycles. The van der Waals surface area contributed by atoms with Crippen molar-refractivity contribution in [1.82, 2.24) is 20.1 Å². The highest BCUT2D eigenvalue weighted by Gasteiger charge is 2.39. The summed E-state index contributed by atoms with van der Waals surface area (Å²) >= 11 is 0. The zero-order valence-corrected chi connectivity index (χ0v) is 11.8. The van der Waals surface area contributed by atoms with Crippen molar-refractivity contribution in [2.45, 2.75) is 19.3 Å². The van der Waals surface area contributed by atoms with Crippen LogP contribution in [0.1, 0.15) is 21.7 Å². The summed E-state index contributed by atoms with van der Waals surface area (Å²) in [6.45, 7) is -0.241. The molecule has 0 saturated heterocycles. The topological polar surface area (TPSA) is 85.8 Å². The summed E-state index contributed by atoms with van der Waals surface area (Å²) in [5.41, 5.74) is 3.22. The van der Waals surface area contributed by atoms with Crippen molar-refractivity contribution in [3.63, 3.8) is 0 Å². The van der Waals surface area contributed by atoms with Gasteiger partial charge in [0.05, 0.1) is 24.3 Å². The lowest BCUT2D eigenvalue weighted by molar-refractivity contribution is -0.141. The molecule has 3 N–H and O–H groups in total. The Labute approximate surface area is 128 Å². The molecule has 0 aliphatic rings. The summed E-state index contributed by atoms with van der Waals surface area (Å²) in [6.07, 6.45) is -2.52. The van der Waals surface area contributed by atoms with Crippen LogP contribution in [0.3, 0.4) is 0 Å². The van der Waals surface area contributed by atoms with Crippen molar-refractivity contribution in [3.8, 4) is 0 Å². The number of carbonyl (C=O) groups excluding carboxylic acids is 1. The fourth-order valence-electron chi connectivity index (χ4n) is 1.85. The van der Waals surface area contributed by atoms with Crippen LogP contribution in [-0.4, -0.2) is 27.2 Å². The maximum Gasteiger partial charge on any atom is 0.435 e. The fraction of sp³-hybridized carbons (Fsp3) is 0.308. The summed E-state index contributed by atoms with van der Waals surface area (Å²) in [5, 5.41) is 5.52. The minimum atomic E-state index is -4.79. The predicted octanol–water partition coefficient (Wildman–Crippen LogP) is 1.32. The smallest absolute Gasteiger partial charge is 0.346 e. The lowest BCUT2D eigenvalue weighted by Gasteiger charge is -2.07. The van der Waals surface area contributed by atoms with Crippen LogP contribution in [0.2, 0.25) is 0 Å². The molecule has 10 heteroatoms. The van der Waals surface area contributed by atoms with E-state index in [-0.39, 0.29) is 25.3 Å². The second-order valence-corrected chi connectivity index (χ2v) is 4.56. The average molecular weight is 331 g/mol. The number of nitrogens with one attached hydrogen (secondary N) is 1. The van der Waals surface area contributed by atoms with Gasteiger partial charge in [-0.15, -0.1) is 0 Å². The first kappa shape index (κ1) is 16.9. The predicted molar refractivity (Wildman–Crippen MR) is 71.6 cm³/mol. The Balaban J connectivity index is 2.19. The van der Waals surface area contributed by atoms with E-state index in [2.05, 4.69) is 15.4 Å². The van der Waals surface area contributed by atoms with Gasteiger partial charge >= 0.3 is 6.18 Å². The lowest BCUT2D eigenvalue weighted by Crippen LogP contribution is -2.26. The number of amides is 1.